The van der Waals surface area contributed by atoms with Crippen LogP contribution in [-0.4, -0.2) is 65.5 Å². The summed E-state index contributed by atoms with van der Waals surface area (Å²) in [7, 11) is 1.86. The first kappa shape index (κ1) is 26.9. The Kier molecular flexibility index (Phi) is 7.35. The number of amides is 2. The molecule has 2 aromatic carbocycles. The number of benzene rings is 2. The van der Waals surface area contributed by atoms with Gasteiger partial charge in [-0.25, -0.2) is 13.6 Å². The first-order chi connectivity index (χ1) is 19.4. The fraction of sp³-hybridized carbons (Fsp3) is 0.484. The third kappa shape index (κ3) is 4.90. The molecule has 7 nitrogen and oxygen atoms in total. The molecule has 40 heavy (non-hydrogen) atoms. The molecular weight excluding hydrogens is 514 g/mol. The fourth-order valence-corrected chi connectivity index (χ4v) is 7.07. The van der Waals surface area contributed by atoms with Crippen LogP contribution in [0.3, 0.4) is 0 Å². The average molecular weight is 551 g/mol. The third-order valence-electron chi connectivity index (χ3n) is 9.29. The van der Waals surface area contributed by atoms with Crippen molar-refractivity contribution in [3.05, 3.63) is 81.7 Å². The standard InChI is InChI=1S/C31H36F2N4O3/c1-34-23-10-13-37(27(17-23)25-16-22(32)8-9-26(25)33)30(39)35-14-15-36(31(20-35)11-4-5-12-31)18-21-19-40-28-7-3-2-6-24(28)29(21)38/h2-3,6-9,16,19,23,27,34H,4-5,10-15,17-18,20H2,1H3/t23-,27+/m1/s1. The van der Waals surface area contributed by atoms with E-state index in [1.165, 1.54) is 6.07 Å². The molecule has 3 aliphatic rings. The summed E-state index contributed by atoms with van der Waals surface area (Å²) in [5.41, 5.74) is 1.19. The van der Waals surface area contributed by atoms with E-state index in [4.69, 9.17) is 4.42 Å². The van der Waals surface area contributed by atoms with E-state index in [0.29, 0.717) is 55.7 Å². The molecule has 6 rings (SSSR count). The van der Waals surface area contributed by atoms with Gasteiger partial charge >= 0.3 is 6.03 Å². The number of rotatable bonds is 4. The van der Waals surface area contributed by atoms with E-state index < -0.39 is 17.7 Å². The zero-order valence-electron chi connectivity index (χ0n) is 22.9. The molecule has 1 saturated carbocycles. The van der Waals surface area contributed by atoms with Crippen LogP contribution < -0.4 is 10.7 Å². The Morgan fingerprint density at radius 1 is 1.10 bits per heavy atom. The van der Waals surface area contributed by atoms with Gasteiger partial charge in [-0.3, -0.25) is 9.69 Å². The lowest BCUT2D eigenvalue weighted by Crippen LogP contribution is -2.64. The van der Waals surface area contributed by atoms with E-state index in [1.54, 1.807) is 23.3 Å². The normalized spacial score (nSPS) is 23.3. The second kappa shape index (κ2) is 10.9. The molecule has 2 aliphatic heterocycles. The lowest BCUT2D eigenvalue weighted by molar-refractivity contribution is -0.00255. The number of nitrogens with zero attached hydrogens (tertiary/aromatic N) is 3. The van der Waals surface area contributed by atoms with Gasteiger partial charge in [-0.05, 0) is 63.1 Å². The number of carbonyl (C=O) groups excluding carboxylic acids is 1. The predicted octanol–water partition coefficient (Wildman–Crippen LogP) is 5.05. The van der Waals surface area contributed by atoms with Gasteiger partial charge in [-0.15, -0.1) is 0 Å². The summed E-state index contributed by atoms with van der Waals surface area (Å²) in [5, 5.41) is 3.83. The molecule has 2 atom stereocenters. The van der Waals surface area contributed by atoms with E-state index in [9.17, 15) is 18.4 Å². The number of urea groups is 1. The van der Waals surface area contributed by atoms with Crippen LogP contribution in [0.25, 0.3) is 11.0 Å². The molecule has 1 N–H and O–H groups in total. The quantitative estimate of drug-likeness (QED) is 0.493. The Bertz CT molecular complexity index is 1450. The van der Waals surface area contributed by atoms with E-state index in [-0.39, 0.29) is 28.6 Å². The Balaban J connectivity index is 1.25. The number of halogens is 2. The van der Waals surface area contributed by atoms with Gasteiger partial charge in [0.15, 0.2) is 5.43 Å². The number of fused-ring (bicyclic) bond motifs is 1. The Morgan fingerprint density at radius 3 is 2.70 bits per heavy atom. The van der Waals surface area contributed by atoms with Crippen molar-refractivity contribution in [3.63, 3.8) is 0 Å². The number of carbonyl (C=O) groups is 1. The third-order valence-corrected chi connectivity index (χ3v) is 9.29. The summed E-state index contributed by atoms with van der Waals surface area (Å²) < 4.78 is 34.9. The topological polar surface area (TPSA) is 69.0 Å². The molecule has 3 fully saturated rings. The van der Waals surface area contributed by atoms with Crippen LogP contribution in [0.15, 0.2) is 57.9 Å². The lowest BCUT2D eigenvalue weighted by atomic mass is 9.90. The van der Waals surface area contributed by atoms with Gasteiger partial charge in [0.1, 0.15) is 17.2 Å². The largest absolute Gasteiger partial charge is 0.464 e. The zero-order valence-corrected chi connectivity index (χ0v) is 22.9. The number of likely N-dealkylation sites (tertiary alicyclic amines) is 1. The summed E-state index contributed by atoms with van der Waals surface area (Å²) in [6.07, 6.45) is 6.86. The maximum atomic E-state index is 14.9. The molecule has 212 valence electrons. The minimum atomic E-state index is -0.547. The van der Waals surface area contributed by atoms with E-state index >= 15 is 0 Å². The van der Waals surface area contributed by atoms with Gasteiger partial charge in [0.2, 0.25) is 0 Å². The van der Waals surface area contributed by atoms with E-state index in [2.05, 4.69) is 10.2 Å². The molecule has 1 aliphatic carbocycles. The van der Waals surface area contributed by atoms with Crippen LogP contribution >= 0.6 is 0 Å². The van der Waals surface area contributed by atoms with E-state index in [1.807, 2.05) is 24.1 Å². The van der Waals surface area contributed by atoms with Crippen LogP contribution in [0, 0.1) is 11.6 Å². The smallest absolute Gasteiger partial charge is 0.320 e. The second-order valence-electron chi connectivity index (χ2n) is 11.5. The molecule has 0 unspecified atom stereocenters. The van der Waals surface area contributed by atoms with Gasteiger partial charge in [-0.1, -0.05) is 25.0 Å². The molecule has 1 aromatic heterocycles. The highest BCUT2D eigenvalue weighted by Gasteiger charge is 2.46. The van der Waals surface area contributed by atoms with Crippen molar-refractivity contribution in [2.45, 2.75) is 62.7 Å². The summed E-state index contributed by atoms with van der Waals surface area (Å²) in [6.45, 7) is 2.62. The van der Waals surface area contributed by atoms with E-state index in [0.717, 1.165) is 44.2 Å². The van der Waals surface area contributed by atoms with Gasteiger partial charge in [-0.2, -0.15) is 0 Å². The van der Waals surface area contributed by atoms with Gasteiger partial charge in [0.25, 0.3) is 0 Å². The number of nitrogens with one attached hydrogen (secondary N) is 1. The summed E-state index contributed by atoms with van der Waals surface area (Å²) >= 11 is 0. The number of hydrogen-bond donors (Lipinski definition) is 1. The fourth-order valence-electron chi connectivity index (χ4n) is 7.07. The maximum absolute atomic E-state index is 14.9. The molecule has 0 bridgehead atoms. The molecule has 1 spiro atoms. The van der Waals surface area contributed by atoms with Crippen molar-refractivity contribution < 1.29 is 18.0 Å². The van der Waals surface area contributed by atoms with Gasteiger partial charge < -0.3 is 19.5 Å². The molecule has 0 radical (unpaired) electrons. The first-order valence-corrected chi connectivity index (χ1v) is 14.3. The predicted molar refractivity (Wildman–Crippen MR) is 149 cm³/mol. The van der Waals surface area contributed by atoms with Gasteiger partial charge in [0, 0.05) is 55.4 Å². The number of hydrogen-bond acceptors (Lipinski definition) is 5. The highest BCUT2D eigenvalue weighted by Crippen LogP contribution is 2.40. The summed E-state index contributed by atoms with van der Waals surface area (Å²) in [5.74, 6) is -1.00. The van der Waals surface area contributed by atoms with Crippen LogP contribution in [0.4, 0.5) is 13.6 Å². The van der Waals surface area contributed by atoms with Gasteiger partial charge in [0.05, 0.1) is 17.7 Å². The van der Waals surface area contributed by atoms with Crippen molar-refractivity contribution in [1.82, 2.24) is 20.0 Å². The Morgan fingerprint density at radius 2 is 1.90 bits per heavy atom. The zero-order chi connectivity index (χ0) is 27.9. The molecule has 2 amide bonds. The molecule has 3 aromatic rings. The summed E-state index contributed by atoms with van der Waals surface area (Å²) in [4.78, 5) is 33.3. The molecule has 2 saturated heterocycles. The first-order valence-electron chi connectivity index (χ1n) is 14.3. The lowest BCUT2D eigenvalue weighted by Gasteiger charge is -2.51. The number of piperazine rings is 1. The minimum Gasteiger partial charge on any atom is -0.464 e. The highest BCUT2D eigenvalue weighted by atomic mass is 19.1. The van der Waals surface area contributed by atoms with Crippen LogP contribution in [0.2, 0.25) is 0 Å². The SMILES string of the molecule is CN[C@@H]1CCN(C(=O)N2CCN(Cc3coc4ccccc4c3=O)C3(CCCC3)C2)[C@H](c2cc(F)ccc2F)C1. The second-order valence-corrected chi connectivity index (χ2v) is 11.5. The van der Waals surface area contributed by atoms with Crippen LogP contribution in [0.1, 0.15) is 55.7 Å². The minimum absolute atomic E-state index is 0.0131. The molecule has 9 heteroatoms. The Labute approximate surface area is 232 Å². The average Bonchev–Trinajstić information content (AvgIpc) is 3.44. The van der Waals surface area contributed by atoms with Crippen molar-refractivity contribution in [3.8, 4) is 0 Å². The van der Waals surface area contributed by atoms with Crippen molar-refractivity contribution >= 4 is 17.0 Å². The molecular formula is C31H36F2N4O3. The van der Waals surface area contributed by atoms with Crippen LogP contribution in [0.5, 0.6) is 0 Å². The monoisotopic (exact) mass is 550 g/mol. The van der Waals surface area contributed by atoms with Crippen molar-refractivity contribution in [2.24, 2.45) is 0 Å². The highest BCUT2D eigenvalue weighted by molar-refractivity contribution is 5.77. The summed E-state index contributed by atoms with van der Waals surface area (Å²) in [6, 6.07) is 10.2. The number of piperidine rings is 1. The van der Waals surface area contributed by atoms with Crippen molar-refractivity contribution in [2.75, 3.05) is 33.2 Å². The maximum Gasteiger partial charge on any atom is 0.320 e. The van der Waals surface area contributed by atoms with Crippen LogP contribution in [-0.2, 0) is 6.54 Å². The van der Waals surface area contributed by atoms with Crippen molar-refractivity contribution in [1.29, 1.82) is 0 Å². The molecule has 3 heterocycles. The number of para-hydroxylation sites is 1. The Hall–Kier alpha value is -3.30.